The first-order chi connectivity index (χ1) is 31.9. The third-order valence-electron chi connectivity index (χ3n) is 11.1. The zero-order valence-electron chi connectivity index (χ0n) is 39.6. The summed E-state index contributed by atoms with van der Waals surface area (Å²) in [5, 5.41) is 14.0. The van der Waals surface area contributed by atoms with Crippen LogP contribution < -0.4 is 32.3 Å². The Hall–Kier alpha value is -6.49. The van der Waals surface area contributed by atoms with Gasteiger partial charge >= 0.3 is 18.2 Å². The number of methoxy groups -OCH3 is 1. The number of amides is 6. The lowest BCUT2D eigenvalue weighted by atomic mass is 9.88. The van der Waals surface area contributed by atoms with E-state index in [0.717, 1.165) is 16.7 Å². The molecule has 3 aromatic carbocycles. The van der Waals surface area contributed by atoms with Gasteiger partial charge < -0.3 is 51.4 Å². The molecule has 364 valence electrons. The summed E-state index contributed by atoms with van der Waals surface area (Å²) in [6.45, 7) is 9.55. The number of piperidine rings is 1. The maximum absolute atomic E-state index is 14.4. The topological polar surface area (TPSA) is 237 Å². The summed E-state index contributed by atoms with van der Waals surface area (Å²) in [6, 6.07) is 22.9. The number of nitrogens with one attached hydrogen (secondary N) is 5. The van der Waals surface area contributed by atoms with Crippen molar-refractivity contribution in [1.29, 1.82) is 0 Å². The number of ether oxygens (including phenoxy) is 3. The smallest absolute Gasteiger partial charge is 0.408 e. The molecule has 3 aromatic rings. The molecule has 1 aliphatic heterocycles. The van der Waals surface area contributed by atoms with Crippen LogP contribution >= 0.6 is 0 Å². The van der Waals surface area contributed by atoms with Gasteiger partial charge in [0.05, 0.1) is 7.11 Å². The van der Waals surface area contributed by atoms with Crippen LogP contribution in [0.4, 0.5) is 9.59 Å². The first-order valence-electron chi connectivity index (χ1n) is 22.9. The quantitative estimate of drug-likeness (QED) is 0.0468. The maximum Gasteiger partial charge on any atom is 0.408 e. The van der Waals surface area contributed by atoms with E-state index in [9.17, 15) is 33.6 Å². The normalized spacial score (nSPS) is 15.1. The van der Waals surface area contributed by atoms with Gasteiger partial charge in [0.1, 0.15) is 41.9 Å². The summed E-state index contributed by atoms with van der Waals surface area (Å²) < 4.78 is 15.7. The van der Waals surface area contributed by atoms with E-state index >= 15 is 0 Å². The third kappa shape index (κ3) is 18.4. The molecule has 0 saturated carbocycles. The first-order valence-corrected chi connectivity index (χ1v) is 22.9. The summed E-state index contributed by atoms with van der Waals surface area (Å²) in [7, 11) is 1.26. The number of esters is 1. The minimum atomic E-state index is -1.25. The van der Waals surface area contributed by atoms with Gasteiger partial charge in [-0.05, 0) is 81.9 Å². The van der Waals surface area contributed by atoms with Gasteiger partial charge in [0.2, 0.25) is 23.6 Å². The fourth-order valence-corrected chi connectivity index (χ4v) is 7.54. The largest absolute Gasteiger partial charge is 0.468 e. The molecule has 0 aliphatic carbocycles. The second kappa shape index (κ2) is 26.0. The molecule has 4 unspecified atom stereocenters. The molecule has 17 nitrogen and oxygen atoms in total. The second-order valence-corrected chi connectivity index (χ2v) is 18.3. The van der Waals surface area contributed by atoms with Crippen LogP contribution in [0.2, 0.25) is 0 Å². The molecule has 67 heavy (non-hydrogen) atoms. The van der Waals surface area contributed by atoms with Crippen molar-refractivity contribution in [2.75, 3.05) is 26.7 Å². The van der Waals surface area contributed by atoms with Crippen molar-refractivity contribution in [3.05, 3.63) is 108 Å². The Balaban J connectivity index is 1.52. The number of hydrogen-bond acceptors (Lipinski definition) is 11. The number of carbonyl (C=O) groups excluding carboxylic acids is 7. The summed E-state index contributed by atoms with van der Waals surface area (Å²) in [6.07, 6.45) is 0.311. The Morgan fingerprint density at radius 3 is 1.64 bits per heavy atom. The molecule has 7 N–H and O–H groups in total. The molecule has 0 spiro atoms. The monoisotopic (exact) mass is 928 g/mol. The molecule has 1 heterocycles. The van der Waals surface area contributed by atoms with Crippen LogP contribution in [0.5, 0.6) is 0 Å². The van der Waals surface area contributed by atoms with Crippen LogP contribution in [-0.2, 0) is 57.6 Å². The van der Waals surface area contributed by atoms with Crippen LogP contribution in [0, 0.1) is 5.92 Å². The molecular weight excluding hydrogens is 859 g/mol. The number of nitrogens with zero attached hydrogens (tertiary/aromatic N) is 1. The molecule has 1 saturated heterocycles. The Morgan fingerprint density at radius 1 is 0.657 bits per heavy atom. The molecule has 0 aromatic heterocycles. The molecule has 17 heteroatoms. The fourth-order valence-electron chi connectivity index (χ4n) is 7.54. The SMILES string of the molecule is COC(=O)C1(N)CCN(C(=O)C(CCCCNC(=O)OCc2ccccc2)NC(=O)C(CC(C)C)NC(=O)C(Cc2ccccc2)NC(=O)C(Cc2ccccc2)NC(=O)OC(C)(C)C)CC1. The number of rotatable bonds is 22. The Bertz CT molecular complexity index is 2070. The predicted molar refractivity (Wildman–Crippen MR) is 252 cm³/mol. The third-order valence-corrected chi connectivity index (χ3v) is 11.1. The molecule has 0 bridgehead atoms. The first kappa shape index (κ1) is 53.1. The number of alkyl carbamates (subject to hydrolysis) is 2. The van der Waals surface area contributed by atoms with Crippen molar-refractivity contribution < 1.29 is 47.8 Å². The second-order valence-electron chi connectivity index (χ2n) is 18.3. The van der Waals surface area contributed by atoms with E-state index < -0.39 is 71.2 Å². The zero-order valence-corrected chi connectivity index (χ0v) is 39.6. The highest BCUT2D eigenvalue weighted by molar-refractivity contribution is 5.95. The van der Waals surface area contributed by atoms with Crippen molar-refractivity contribution in [3.63, 3.8) is 0 Å². The predicted octanol–water partition coefficient (Wildman–Crippen LogP) is 4.46. The lowest BCUT2D eigenvalue weighted by Gasteiger charge is -2.38. The number of nitrogens with two attached hydrogens (primary N) is 1. The number of hydrogen-bond donors (Lipinski definition) is 6. The molecule has 0 radical (unpaired) electrons. The standard InChI is InChI=1S/C50H69N7O10/c1-34(2)30-39(54-43(59)40(31-35-18-10-7-11-19-35)55-44(60)41(32-36-20-12-8-13-21-36)56-48(64)67-49(3,4)5)42(58)53-38(45(61)57-28-25-50(51,26-29-57)46(62)65-6)24-16-17-27-52-47(63)66-33-37-22-14-9-15-23-37/h7-15,18-23,34,38-41H,16-17,24-33,51H2,1-6H3,(H,52,63)(H,53,58)(H,54,59)(H,55,60)(H,56,64). The highest BCUT2D eigenvalue weighted by Crippen LogP contribution is 2.23. The van der Waals surface area contributed by atoms with Gasteiger partial charge in [0.15, 0.2) is 0 Å². The lowest BCUT2D eigenvalue weighted by Crippen LogP contribution is -2.61. The summed E-state index contributed by atoms with van der Waals surface area (Å²) in [5.41, 5.74) is 6.57. The van der Waals surface area contributed by atoms with Crippen molar-refractivity contribution in [3.8, 4) is 0 Å². The van der Waals surface area contributed by atoms with Gasteiger partial charge in [-0.2, -0.15) is 0 Å². The summed E-state index contributed by atoms with van der Waals surface area (Å²) in [5.74, 6) is -2.96. The van der Waals surface area contributed by atoms with E-state index in [1.807, 2.05) is 92.7 Å². The highest BCUT2D eigenvalue weighted by atomic mass is 16.6. The highest BCUT2D eigenvalue weighted by Gasteiger charge is 2.41. The number of carbonyl (C=O) groups is 7. The van der Waals surface area contributed by atoms with Gasteiger partial charge in [0.25, 0.3) is 0 Å². The molecule has 1 aliphatic rings. The van der Waals surface area contributed by atoms with Crippen molar-refractivity contribution >= 4 is 41.8 Å². The number of likely N-dealkylation sites (tertiary alicyclic amines) is 1. The van der Waals surface area contributed by atoms with E-state index in [4.69, 9.17) is 19.9 Å². The minimum absolute atomic E-state index is 0.0526. The van der Waals surface area contributed by atoms with Crippen molar-refractivity contribution in [1.82, 2.24) is 31.5 Å². The van der Waals surface area contributed by atoms with Gasteiger partial charge in [-0.25, -0.2) is 9.59 Å². The fraction of sp³-hybridized carbons (Fsp3) is 0.500. The average Bonchev–Trinajstić information content (AvgIpc) is 3.29. The summed E-state index contributed by atoms with van der Waals surface area (Å²) in [4.78, 5) is 96.5. The van der Waals surface area contributed by atoms with E-state index in [1.54, 1.807) is 37.8 Å². The maximum atomic E-state index is 14.4. The van der Waals surface area contributed by atoms with E-state index in [-0.39, 0.29) is 76.6 Å². The Labute approximate surface area is 394 Å². The van der Waals surface area contributed by atoms with Crippen molar-refractivity contribution in [2.24, 2.45) is 11.7 Å². The number of unbranched alkanes of at least 4 members (excludes halogenated alkanes) is 1. The van der Waals surface area contributed by atoms with E-state index in [2.05, 4.69) is 26.6 Å². The van der Waals surface area contributed by atoms with E-state index in [1.165, 1.54) is 7.11 Å². The average molecular weight is 928 g/mol. The molecule has 6 amide bonds. The molecule has 4 rings (SSSR count). The number of benzene rings is 3. The van der Waals surface area contributed by atoms with Gasteiger partial charge in [-0.1, -0.05) is 105 Å². The van der Waals surface area contributed by atoms with E-state index in [0.29, 0.717) is 12.8 Å². The molecular formula is C50H69N7O10. The van der Waals surface area contributed by atoms with Gasteiger partial charge in [-0.15, -0.1) is 0 Å². The Kier molecular flexibility index (Phi) is 20.6. The van der Waals surface area contributed by atoms with Crippen LogP contribution in [0.1, 0.15) is 89.8 Å². The molecule has 4 atom stereocenters. The van der Waals surface area contributed by atoms with Gasteiger partial charge in [0, 0.05) is 32.5 Å². The van der Waals surface area contributed by atoms with Gasteiger partial charge in [-0.3, -0.25) is 24.0 Å². The lowest BCUT2D eigenvalue weighted by molar-refractivity contribution is -0.151. The van der Waals surface area contributed by atoms with Crippen molar-refractivity contribution in [2.45, 2.75) is 128 Å². The zero-order chi connectivity index (χ0) is 49.0. The van der Waals surface area contributed by atoms with Crippen LogP contribution in [-0.4, -0.2) is 109 Å². The minimum Gasteiger partial charge on any atom is -0.468 e. The van der Waals surface area contributed by atoms with Crippen LogP contribution in [0.15, 0.2) is 91.0 Å². The Morgan fingerprint density at radius 2 is 1.13 bits per heavy atom. The van der Waals surface area contributed by atoms with Crippen LogP contribution in [0.3, 0.4) is 0 Å². The van der Waals surface area contributed by atoms with Crippen LogP contribution in [0.25, 0.3) is 0 Å². The molecule has 1 fully saturated rings. The summed E-state index contributed by atoms with van der Waals surface area (Å²) >= 11 is 0.